The van der Waals surface area contributed by atoms with E-state index in [9.17, 15) is 9.18 Å². The molecule has 0 amide bonds. The van der Waals surface area contributed by atoms with E-state index in [1.165, 1.54) is 6.20 Å². The van der Waals surface area contributed by atoms with Gasteiger partial charge in [-0.3, -0.25) is 4.79 Å². The van der Waals surface area contributed by atoms with Gasteiger partial charge in [0.25, 0.3) is 0 Å². The number of aryl methyl sites for hydroxylation is 1. The van der Waals surface area contributed by atoms with E-state index in [-0.39, 0.29) is 12.0 Å². The Labute approximate surface area is 97.3 Å². The van der Waals surface area contributed by atoms with Crippen LogP contribution in [0.15, 0.2) is 30.5 Å². The van der Waals surface area contributed by atoms with Gasteiger partial charge in [0, 0.05) is 5.56 Å². The highest BCUT2D eigenvalue weighted by atomic mass is 19.1. The molecule has 0 aliphatic carbocycles. The van der Waals surface area contributed by atoms with Crippen LogP contribution in [0.1, 0.15) is 11.1 Å². The molecule has 0 radical (unpaired) electrons. The van der Waals surface area contributed by atoms with E-state index < -0.39 is 11.9 Å². The van der Waals surface area contributed by atoms with Crippen molar-refractivity contribution < 1.29 is 14.3 Å². The molecule has 2 rings (SSSR count). The zero-order valence-corrected chi connectivity index (χ0v) is 9.22. The predicted octanol–water partition coefficient (Wildman–Crippen LogP) is 1.95. The lowest BCUT2D eigenvalue weighted by molar-refractivity contribution is -0.136. The highest BCUT2D eigenvalue weighted by molar-refractivity contribution is 5.70. The second-order valence-electron chi connectivity index (χ2n) is 3.78. The van der Waals surface area contributed by atoms with E-state index >= 15 is 0 Å². The number of nitrogens with zero attached hydrogens (tertiary/aromatic N) is 2. The molecular weight excluding hydrogens is 223 g/mol. The molecule has 17 heavy (non-hydrogen) atoms. The molecule has 88 valence electrons. The molecular formula is C12H11FN2O2. The molecule has 0 aliphatic heterocycles. The van der Waals surface area contributed by atoms with Gasteiger partial charge >= 0.3 is 5.97 Å². The summed E-state index contributed by atoms with van der Waals surface area (Å²) in [6.07, 6.45) is 0.878. The average molecular weight is 234 g/mol. The fourth-order valence-corrected chi connectivity index (χ4v) is 1.59. The van der Waals surface area contributed by atoms with Crippen LogP contribution in [-0.2, 0) is 11.2 Å². The largest absolute Gasteiger partial charge is 0.481 e. The van der Waals surface area contributed by atoms with Crippen molar-refractivity contribution in [1.82, 2.24) is 9.78 Å². The Kier molecular flexibility index (Phi) is 2.91. The van der Waals surface area contributed by atoms with Crippen molar-refractivity contribution in [3.63, 3.8) is 0 Å². The van der Waals surface area contributed by atoms with Crippen LogP contribution in [0.4, 0.5) is 4.39 Å². The van der Waals surface area contributed by atoms with Gasteiger partial charge in [0.1, 0.15) is 0 Å². The molecule has 0 aliphatic rings. The normalized spacial score (nSPS) is 10.5. The number of hydrogen-bond acceptors (Lipinski definition) is 2. The van der Waals surface area contributed by atoms with Gasteiger partial charge in [-0.25, -0.2) is 4.68 Å². The van der Waals surface area contributed by atoms with E-state index in [1.807, 2.05) is 13.0 Å². The number of hydrogen-bond donors (Lipinski definition) is 1. The monoisotopic (exact) mass is 234 g/mol. The smallest absolute Gasteiger partial charge is 0.308 e. The van der Waals surface area contributed by atoms with Gasteiger partial charge in [-0.05, 0) is 24.6 Å². The summed E-state index contributed by atoms with van der Waals surface area (Å²) >= 11 is 0. The summed E-state index contributed by atoms with van der Waals surface area (Å²) in [5.74, 6) is -1.70. The van der Waals surface area contributed by atoms with Crippen LogP contribution in [-0.4, -0.2) is 20.9 Å². The van der Waals surface area contributed by atoms with Crippen LogP contribution in [0.25, 0.3) is 5.69 Å². The third kappa shape index (κ3) is 2.33. The number of carbonyl (C=O) groups is 1. The zero-order valence-electron chi connectivity index (χ0n) is 9.22. The summed E-state index contributed by atoms with van der Waals surface area (Å²) in [7, 11) is 0. The van der Waals surface area contributed by atoms with Crippen molar-refractivity contribution >= 4 is 5.97 Å². The molecule has 0 unspecified atom stereocenters. The molecule has 4 nitrogen and oxygen atoms in total. The van der Waals surface area contributed by atoms with Crippen LogP contribution in [0.3, 0.4) is 0 Å². The second-order valence-corrected chi connectivity index (χ2v) is 3.78. The maximum Gasteiger partial charge on any atom is 0.308 e. The summed E-state index contributed by atoms with van der Waals surface area (Å²) in [4.78, 5) is 10.5. The maximum absolute atomic E-state index is 13.8. The van der Waals surface area contributed by atoms with Crippen LogP contribution < -0.4 is 0 Å². The summed E-state index contributed by atoms with van der Waals surface area (Å²) in [6.45, 7) is 1.89. The molecule has 0 saturated heterocycles. The van der Waals surface area contributed by atoms with Crippen molar-refractivity contribution in [2.24, 2.45) is 0 Å². The number of benzene rings is 1. The second kappa shape index (κ2) is 4.37. The Morgan fingerprint density at radius 1 is 1.53 bits per heavy atom. The first-order valence-electron chi connectivity index (χ1n) is 5.09. The van der Waals surface area contributed by atoms with E-state index in [2.05, 4.69) is 5.10 Å². The fraction of sp³-hybridized carbons (Fsp3) is 0.167. The Balaban J connectivity index is 2.40. The summed E-state index contributed by atoms with van der Waals surface area (Å²) in [6, 6.07) is 7.18. The van der Waals surface area contributed by atoms with Crippen LogP contribution in [0, 0.1) is 12.9 Å². The number of carboxylic acids is 1. The van der Waals surface area contributed by atoms with Gasteiger partial charge in [-0.2, -0.15) is 9.49 Å². The lowest BCUT2D eigenvalue weighted by Crippen LogP contribution is -2.04. The predicted molar refractivity (Wildman–Crippen MR) is 59.6 cm³/mol. The van der Waals surface area contributed by atoms with Gasteiger partial charge in [0.15, 0.2) is 0 Å². The minimum absolute atomic E-state index is 0.0824. The van der Waals surface area contributed by atoms with Gasteiger partial charge in [-0.1, -0.05) is 12.1 Å². The zero-order chi connectivity index (χ0) is 12.4. The number of halogens is 1. The Bertz CT molecular complexity index is 563. The molecule has 0 atom stereocenters. The number of carboxylic acid groups (broad SMARTS) is 1. The van der Waals surface area contributed by atoms with Crippen LogP contribution >= 0.6 is 0 Å². The minimum Gasteiger partial charge on any atom is -0.481 e. The lowest BCUT2D eigenvalue weighted by Gasteiger charge is -2.03. The molecule has 1 heterocycles. The SMILES string of the molecule is Cc1cccc(-n2ncc(CC(=O)O)c2F)c1. The summed E-state index contributed by atoms with van der Waals surface area (Å²) in [5.41, 5.74) is 1.65. The maximum atomic E-state index is 13.8. The summed E-state index contributed by atoms with van der Waals surface area (Å²) in [5, 5.41) is 12.5. The highest BCUT2D eigenvalue weighted by Crippen LogP contribution is 2.15. The molecule has 0 spiro atoms. The number of rotatable bonds is 3. The Hall–Kier alpha value is -2.17. The van der Waals surface area contributed by atoms with Gasteiger partial charge in [-0.15, -0.1) is 0 Å². The van der Waals surface area contributed by atoms with Crippen molar-refractivity contribution in [3.05, 3.63) is 47.5 Å². The van der Waals surface area contributed by atoms with E-state index in [4.69, 9.17) is 5.11 Å². The van der Waals surface area contributed by atoms with Crippen molar-refractivity contribution in [1.29, 1.82) is 0 Å². The van der Waals surface area contributed by atoms with Crippen molar-refractivity contribution in [2.75, 3.05) is 0 Å². The fourth-order valence-electron chi connectivity index (χ4n) is 1.59. The molecule has 0 fully saturated rings. The molecule has 2 aromatic rings. The topological polar surface area (TPSA) is 55.1 Å². The van der Waals surface area contributed by atoms with Crippen molar-refractivity contribution in [2.45, 2.75) is 13.3 Å². The minimum atomic E-state index is -1.08. The van der Waals surface area contributed by atoms with Gasteiger partial charge < -0.3 is 5.11 Å². The number of aliphatic carboxylic acids is 1. The molecule has 5 heteroatoms. The summed E-state index contributed by atoms with van der Waals surface area (Å²) < 4.78 is 14.9. The highest BCUT2D eigenvalue weighted by Gasteiger charge is 2.14. The van der Waals surface area contributed by atoms with Crippen LogP contribution in [0.5, 0.6) is 0 Å². The van der Waals surface area contributed by atoms with Gasteiger partial charge in [0.05, 0.1) is 18.3 Å². The van der Waals surface area contributed by atoms with Crippen LogP contribution in [0.2, 0.25) is 0 Å². The standard InChI is InChI=1S/C12H11FN2O2/c1-8-3-2-4-10(5-8)15-12(13)9(7-14-15)6-11(16)17/h2-5,7H,6H2,1H3,(H,16,17). The van der Waals surface area contributed by atoms with Gasteiger partial charge in [0.2, 0.25) is 5.95 Å². The van der Waals surface area contributed by atoms with E-state index in [1.54, 1.807) is 18.2 Å². The first kappa shape index (κ1) is 11.3. The molecule has 0 saturated carbocycles. The Morgan fingerprint density at radius 3 is 2.94 bits per heavy atom. The Morgan fingerprint density at radius 2 is 2.29 bits per heavy atom. The first-order valence-corrected chi connectivity index (χ1v) is 5.09. The van der Waals surface area contributed by atoms with E-state index in [0.717, 1.165) is 10.2 Å². The molecule has 1 N–H and O–H groups in total. The van der Waals surface area contributed by atoms with Crippen molar-refractivity contribution in [3.8, 4) is 5.69 Å². The first-order chi connectivity index (χ1) is 8.08. The van der Waals surface area contributed by atoms with E-state index in [0.29, 0.717) is 5.69 Å². The quantitative estimate of drug-likeness (QED) is 0.883. The average Bonchev–Trinajstić information content (AvgIpc) is 2.60. The molecule has 1 aromatic carbocycles. The third-order valence-corrected chi connectivity index (χ3v) is 2.37. The molecule has 0 bridgehead atoms. The third-order valence-electron chi connectivity index (χ3n) is 2.37. The molecule has 1 aromatic heterocycles. The lowest BCUT2D eigenvalue weighted by atomic mass is 10.2. The number of aromatic nitrogens is 2.